The zero-order chi connectivity index (χ0) is 14.5. The van der Waals surface area contributed by atoms with Gasteiger partial charge in [0.2, 0.25) is 5.91 Å². The van der Waals surface area contributed by atoms with Gasteiger partial charge in [-0.05, 0) is 18.2 Å². The van der Waals surface area contributed by atoms with Crippen LogP contribution in [0.3, 0.4) is 0 Å². The van der Waals surface area contributed by atoms with Crippen molar-refractivity contribution in [1.29, 1.82) is 0 Å². The van der Waals surface area contributed by atoms with Crippen molar-refractivity contribution in [3.05, 3.63) is 29.5 Å². The highest BCUT2D eigenvalue weighted by Gasteiger charge is 2.08. The Bertz CT molecular complexity index is 616. The van der Waals surface area contributed by atoms with E-state index in [1.54, 1.807) is 29.1 Å². The number of nitrogens with two attached hydrogens (primary N) is 1. The maximum absolute atomic E-state index is 11.8. The average molecular weight is 312 g/mol. The number of anilines is 2. The van der Waals surface area contributed by atoms with E-state index in [-0.39, 0.29) is 5.91 Å². The Hall–Kier alpha value is -1.73. The number of nitrogen functional groups attached to an aromatic ring is 1. The van der Waals surface area contributed by atoms with Crippen LogP contribution in [0, 0.1) is 0 Å². The Balaban J connectivity index is 1.84. The maximum Gasteiger partial charge on any atom is 0.225 e. The van der Waals surface area contributed by atoms with Crippen LogP contribution in [0.15, 0.2) is 29.7 Å². The second-order valence-electron chi connectivity index (χ2n) is 4.10. The summed E-state index contributed by atoms with van der Waals surface area (Å²) in [6, 6.07) is 4.97. The van der Waals surface area contributed by atoms with E-state index in [4.69, 9.17) is 17.3 Å². The molecule has 106 valence electrons. The highest BCUT2D eigenvalue weighted by Crippen LogP contribution is 2.23. The van der Waals surface area contributed by atoms with Crippen LogP contribution in [0.4, 0.5) is 11.4 Å². The number of hydrogen-bond acceptors (Lipinski definition) is 5. The summed E-state index contributed by atoms with van der Waals surface area (Å²) in [4.78, 5) is 11.8. The quantitative estimate of drug-likeness (QED) is 0.653. The van der Waals surface area contributed by atoms with E-state index >= 15 is 0 Å². The van der Waals surface area contributed by atoms with E-state index < -0.39 is 0 Å². The summed E-state index contributed by atoms with van der Waals surface area (Å²) >= 11 is 7.33. The number of thioether (sulfide) groups is 1. The van der Waals surface area contributed by atoms with Crippen LogP contribution >= 0.6 is 23.4 Å². The number of aromatic nitrogens is 3. The smallest absolute Gasteiger partial charge is 0.225 e. The van der Waals surface area contributed by atoms with Gasteiger partial charge in [-0.1, -0.05) is 23.4 Å². The molecule has 1 aromatic carbocycles. The van der Waals surface area contributed by atoms with E-state index in [0.717, 1.165) is 5.16 Å². The zero-order valence-corrected chi connectivity index (χ0v) is 12.4. The first-order valence-electron chi connectivity index (χ1n) is 5.88. The van der Waals surface area contributed by atoms with Crippen LogP contribution in [0.2, 0.25) is 5.02 Å². The molecular weight excluding hydrogens is 298 g/mol. The summed E-state index contributed by atoms with van der Waals surface area (Å²) in [6.07, 6.45) is 1.97. The summed E-state index contributed by atoms with van der Waals surface area (Å²) in [7, 11) is 1.86. The standard InChI is InChI=1S/C12H14ClN5OS/c1-18-7-15-17-12(18)20-5-4-11(19)16-10-6-8(13)2-3-9(10)14/h2-3,6-7H,4-5,14H2,1H3,(H,16,19). The molecule has 0 spiro atoms. The third-order valence-corrected chi connectivity index (χ3v) is 3.79. The van der Waals surface area contributed by atoms with E-state index in [9.17, 15) is 4.79 Å². The number of aryl methyl sites for hydroxylation is 1. The molecule has 0 fully saturated rings. The van der Waals surface area contributed by atoms with Gasteiger partial charge < -0.3 is 15.6 Å². The van der Waals surface area contributed by atoms with E-state index in [2.05, 4.69) is 15.5 Å². The lowest BCUT2D eigenvalue weighted by molar-refractivity contribution is -0.115. The fourth-order valence-corrected chi connectivity index (χ4v) is 2.49. The van der Waals surface area contributed by atoms with Crippen LogP contribution in [0.25, 0.3) is 0 Å². The van der Waals surface area contributed by atoms with Gasteiger partial charge in [-0.25, -0.2) is 0 Å². The minimum atomic E-state index is -0.117. The molecule has 0 bridgehead atoms. The molecule has 0 aliphatic carbocycles. The van der Waals surface area contributed by atoms with Gasteiger partial charge in [-0.3, -0.25) is 4.79 Å². The van der Waals surface area contributed by atoms with Gasteiger partial charge in [-0.2, -0.15) is 0 Å². The third kappa shape index (κ3) is 3.88. The molecule has 0 unspecified atom stereocenters. The van der Waals surface area contributed by atoms with Gasteiger partial charge in [0.25, 0.3) is 0 Å². The summed E-state index contributed by atoms with van der Waals surface area (Å²) in [5.74, 6) is 0.493. The van der Waals surface area contributed by atoms with Crippen molar-refractivity contribution in [2.45, 2.75) is 11.6 Å². The largest absolute Gasteiger partial charge is 0.397 e. The minimum absolute atomic E-state index is 0.117. The van der Waals surface area contributed by atoms with Crippen molar-refractivity contribution < 1.29 is 4.79 Å². The summed E-state index contributed by atoms with van der Waals surface area (Å²) < 4.78 is 1.80. The number of rotatable bonds is 5. The molecule has 1 heterocycles. The second kappa shape index (κ2) is 6.62. The van der Waals surface area contributed by atoms with Gasteiger partial charge >= 0.3 is 0 Å². The molecule has 0 atom stereocenters. The second-order valence-corrected chi connectivity index (χ2v) is 5.60. The van der Waals surface area contributed by atoms with Crippen LogP contribution < -0.4 is 11.1 Å². The fourth-order valence-electron chi connectivity index (χ4n) is 1.49. The molecule has 0 aliphatic heterocycles. The number of hydrogen-bond donors (Lipinski definition) is 2. The lowest BCUT2D eigenvalue weighted by Gasteiger charge is -2.08. The lowest BCUT2D eigenvalue weighted by atomic mass is 10.2. The van der Waals surface area contributed by atoms with Gasteiger partial charge in [0, 0.05) is 24.2 Å². The Morgan fingerprint density at radius 1 is 1.55 bits per heavy atom. The van der Waals surface area contributed by atoms with Crippen LogP contribution in [0.5, 0.6) is 0 Å². The molecule has 8 heteroatoms. The monoisotopic (exact) mass is 311 g/mol. The number of amides is 1. The molecule has 20 heavy (non-hydrogen) atoms. The first-order chi connectivity index (χ1) is 9.56. The number of carbonyl (C=O) groups excluding carboxylic acids is 1. The van der Waals surface area contributed by atoms with E-state index in [1.165, 1.54) is 11.8 Å². The molecule has 0 radical (unpaired) electrons. The topological polar surface area (TPSA) is 85.8 Å². The Kier molecular flexibility index (Phi) is 4.86. The number of halogens is 1. The average Bonchev–Trinajstić information content (AvgIpc) is 2.80. The molecule has 2 rings (SSSR count). The lowest BCUT2D eigenvalue weighted by Crippen LogP contribution is -2.13. The molecule has 2 aromatic rings. The highest BCUT2D eigenvalue weighted by molar-refractivity contribution is 7.99. The first-order valence-corrected chi connectivity index (χ1v) is 7.24. The van der Waals surface area contributed by atoms with Crippen LogP contribution in [-0.4, -0.2) is 26.4 Å². The van der Waals surface area contributed by atoms with Crippen molar-refractivity contribution in [2.24, 2.45) is 7.05 Å². The van der Waals surface area contributed by atoms with Crippen molar-refractivity contribution >= 4 is 40.6 Å². The van der Waals surface area contributed by atoms with Crippen LogP contribution in [-0.2, 0) is 11.8 Å². The molecule has 0 aliphatic rings. The first kappa shape index (κ1) is 14.7. The normalized spacial score (nSPS) is 10.5. The highest BCUT2D eigenvalue weighted by atomic mass is 35.5. The minimum Gasteiger partial charge on any atom is -0.397 e. The van der Waals surface area contributed by atoms with Crippen molar-refractivity contribution in [3.63, 3.8) is 0 Å². The number of carbonyl (C=O) groups is 1. The summed E-state index contributed by atoms with van der Waals surface area (Å²) in [5, 5.41) is 11.7. The predicted octanol–water partition coefficient (Wildman–Crippen LogP) is 2.17. The molecular formula is C12H14ClN5OS. The maximum atomic E-state index is 11.8. The van der Waals surface area contributed by atoms with Crippen LogP contribution in [0.1, 0.15) is 6.42 Å². The molecule has 6 nitrogen and oxygen atoms in total. The van der Waals surface area contributed by atoms with Gasteiger partial charge in [0.15, 0.2) is 5.16 Å². The number of nitrogens with zero attached hydrogens (tertiary/aromatic N) is 3. The van der Waals surface area contributed by atoms with Gasteiger partial charge in [-0.15, -0.1) is 10.2 Å². The summed E-state index contributed by atoms with van der Waals surface area (Å²) in [5.41, 5.74) is 6.79. The van der Waals surface area contributed by atoms with Gasteiger partial charge in [0.05, 0.1) is 11.4 Å². The molecule has 3 N–H and O–H groups in total. The van der Waals surface area contributed by atoms with Crippen molar-refractivity contribution in [2.75, 3.05) is 16.8 Å². The Morgan fingerprint density at radius 2 is 2.35 bits per heavy atom. The van der Waals surface area contributed by atoms with E-state index in [1.807, 2.05) is 7.05 Å². The number of nitrogens with one attached hydrogen (secondary N) is 1. The molecule has 1 aromatic heterocycles. The Labute approximate surface area is 125 Å². The predicted molar refractivity (Wildman–Crippen MR) is 80.8 cm³/mol. The molecule has 0 saturated heterocycles. The van der Waals surface area contributed by atoms with Gasteiger partial charge in [0.1, 0.15) is 6.33 Å². The summed E-state index contributed by atoms with van der Waals surface area (Å²) in [6.45, 7) is 0. The third-order valence-electron chi connectivity index (χ3n) is 2.52. The van der Waals surface area contributed by atoms with Crippen molar-refractivity contribution in [1.82, 2.24) is 14.8 Å². The van der Waals surface area contributed by atoms with Crippen molar-refractivity contribution in [3.8, 4) is 0 Å². The fraction of sp³-hybridized carbons (Fsp3) is 0.250. The zero-order valence-electron chi connectivity index (χ0n) is 10.8. The molecule has 0 saturated carbocycles. The number of benzene rings is 1. The Morgan fingerprint density at radius 3 is 3.05 bits per heavy atom. The van der Waals surface area contributed by atoms with E-state index in [0.29, 0.717) is 28.6 Å². The SMILES string of the molecule is Cn1cnnc1SCCC(=O)Nc1cc(Cl)ccc1N. The molecule has 1 amide bonds.